The van der Waals surface area contributed by atoms with Gasteiger partial charge < -0.3 is 44.7 Å². The van der Waals surface area contributed by atoms with E-state index in [0.29, 0.717) is 19.3 Å². The van der Waals surface area contributed by atoms with Crippen molar-refractivity contribution in [1.29, 1.82) is 0 Å². The molecule has 2 aliphatic rings. The summed E-state index contributed by atoms with van der Waals surface area (Å²) in [7, 11) is -10.9. The molecule has 2 aliphatic heterocycles. The van der Waals surface area contributed by atoms with Gasteiger partial charge >= 0.3 is 33.3 Å². The van der Waals surface area contributed by atoms with Crippen molar-refractivity contribution >= 4 is 33.4 Å². The third-order valence-corrected chi connectivity index (χ3v) is 14.4. The van der Waals surface area contributed by atoms with Crippen LogP contribution in [-0.2, 0) is 51.0 Å². The van der Waals surface area contributed by atoms with Gasteiger partial charge in [0.15, 0.2) is 12.3 Å². The van der Waals surface area contributed by atoms with Crippen molar-refractivity contribution in [3.63, 3.8) is 0 Å². The van der Waals surface area contributed by atoms with E-state index in [1.54, 1.807) is 0 Å². The zero-order valence-electron chi connectivity index (χ0n) is 42.0. The van der Waals surface area contributed by atoms with E-state index in [1.165, 1.54) is 51.0 Å². The zero-order chi connectivity index (χ0) is 51.7. The third-order valence-electron chi connectivity index (χ3n) is 11.8. The van der Waals surface area contributed by atoms with Crippen molar-refractivity contribution in [1.82, 2.24) is 9.55 Å². The van der Waals surface area contributed by atoms with Gasteiger partial charge in [0, 0.05) is 19.0 Å². The Morgan fingerprint density at radius 1 is 0.704 bits per heavy atom. The number of nitrogens with two attached hydrogens (primary N) is 1. The molecule has 0 aliphatic carbocycles. The average molecular weight is 1040 g/mol. The number of epoxide rings is 1. The highest BCUT2D eigenvalue weighted by Gasteiger charge is 2.46. The first-order valence-electron chi connectivity index (χ1n) is 25.8. The largest absolute Gasteiger partial charge is 0.481 e. The monoisotopic (exact) mass is 1040 g/mol. The second-order valence-corrected chi connectivity index (χ2v) is 21.1. The molecule has 71 heavy (non-hydrogen) atoms. The number of hydrogen-bond donors (Lipinski definition) is 5. The Morgan fingerprint density at radius 3 is 1.94 bits per heavy atom. The van der Waals surface area contributed by atoms with E-state index in [1.807, 2.05) is 0 Å². The SMILES string of the molecule is CCCCC/C=C\C/C=C\C/C=C\CC1OC1CCCC(=O)OC[C@H](COP(=O)(O)OP(=O)(O)OC[C@H]1O[C@@H](n2ccc(N)nc2=O)[C@H](O)[C@@H]1O)OC(=O)CCCCCCCCC/C=C\CCCCCC. The highest BCUT2D eigenvalue weighted by Crippen LogP contribution is 2.60. The lowest BCUT2D eigenvalue weighted by Crippen LogP contribution is -2.36. The molecule has 404 valence electrons. The molecule has 1 aromatic heterocycles. The van der Waals surface area contributed by atoms with Gasteiger partial charge in [-0.25, -0.2) is 13.9 Å². The van der Waals surface area contributed by atoms with Crippen molar-refractivity contribution in [3.05, 3.63) is 71.4 Å². The number of carbonyl (C=O) groups excluding carboxylic acids is 2. The highest BCUT2D eigenvalue weighted by atomic mass is 31.3. The van der Waals surface area contributed by atoms with Gasteiger partial charge in [-0.05, 0) is 83.1 Å². The van der Waals surface area contributed by atoms with Crippen LogP contribution in [0.1, 0.15) is 174 Å². The molecule has 2 fully saturated rings. The molecule has 0 saturated carbocycles. The number of carbonyl (C=O) groups is 2. The lowest BCUT2D eigenvalue weighted by atomic mass is 10.1. The minimum absolute atomic E-state index is 0.0277. The van der Waals surface area contributed by atoms with Crippen LogP contribution < -0.4 is 11.4 Å². The summed E-state index contributed by atoms with van der Waals surface area (Å²) in [6.07, 6.45) is 33.4. The maximum absolute atomic E-state index is 12.9. The topological polar surface area (TPSA) is 278 Å². The van der Waals surface area contributed by atoms with Gasteiger partial charge in [-0.3, -0.25) is 23.2 Å². The van der Waals surface area contributed by atoms with Crippen LogP contribution >= 0.6 is 15.6 Å². The summed E-state index contributed by atoms with van der Waals surface area (Å²) < 4.78 is 62.6. The van der Waals surface area contributed by atoms with Crippen LogP contribution in [-0.4, -0.2) is 97.9 Å². The van der Waals surface area contributed by atoms with Crippen molar-refractivity contribution in [3.8, 4) is 0 Å². The number of phosphoric ester groups is 2. The molecule has 19 nitrogen and oxygen atoms in total. The van der Waals surface area contributed by atoms with E-state index in [0.717, 1.165) is 87.8 Å². The van der Waals surface area contributed by atoms with Crippen molar-refractivity contribution in [2.24, 2.45) is 0 Å². The summed E-state index contributed by atoms with van der Waals surface area (Å²) in [5.74, 6) is -1.38. The average Bonchev–Trinajstić information content (AvgIpc) is 4.01. The summed E-state index contributed by atoms with van der Waals surface area (Å²) in [6, 6.07) is 1.24. The van der Waals surface area contributed by atoms with Gasteiger partial charge in [0.05, 0.1) is 25.4 Å². The van der Waals surface area contributed by atoms with E-state index in [4.69, 9.17) is 33.7 Å². The van der Waals surface area contributed by atoms with Crippen LogP contribution in [0.15, 0.2) is 65.7 Å². The third kappa shape index (κ3) is 28.1. The smallest absolute Gasteiger partial charge is 0.462 e. The molecule has 4 unspecified atom stereocenters. The number of nitrogen functional groups attached to an aromatic ring is 1. The van der Waals surface area contributed by atoms with Gasteiger partial charge in [-0.1, -0.05) is 127 Å². The second kappa shape index (κ2) is 35.8. The Bertz CT molecular complexity index is 1950. The van der Waals surface area contributed by atoms with E-state index in [-0.39, 0.29) is 30.9 Å². The summed E-state index contributed by atoms with van der Waals surface area (Å²) in [6.45, 7) is 2.04. The minimum Gasteiger partial charge on any atom is -0.462 e. The van der Waals surface area contributed by atoms with Crippen LogP contribution in [0, 0.1) is 0 Å². The molecule has 0 aromatic carbocycles. The normalized spacial score (nSPS) is 22.4. The molecule has 9 atom stereocenters. The Morgan fingerprint density at radius 2 is 1.27 bits per heavy atom. The van der Waals surface area contributed by atoms with E-state index < -0.39 is 83.7 Å². The molecule has 3 rings (SSSR count). The van der Waals surface area contributed by atoms with Gasteiger partial charge in [-0.15, -0.1) is 0 Å². The lowest BCUT2D eigenvalue weighted by molar-refractivity contribution is -0.161. The van der Waals surface area contributed by atoms with Crippen LogP contribution in [0.4, 0.5) is 5.82 Å². The molecular formula is C50H83N3O16P2. The first-order chi connectivity index (χ1) is 34.1. The summed E-state index contributed by atoms with van der Waals surface area (Å²) in [5.41, 5.74) is 4.59. The number of phosphoric acid groups is 2. The Labute approximate surface area is 420 Å². The van der Waals surface area contributed by atoms with Gasteiger partial charge in [0.2, 0.25) is 0 Å². The number of anilines is 1. The summed E-state index contributed by atoms with van der Waals surface area (Å²) in [5, 5.41) is 20.9. The van der Waals surface area contributed by atoms with E-state index >= 15 is 0 Å². The second-order valence-electron chi connectivity index (χ2n) is 18.1. The van der Waals surface area contributed by atoms with Gasteiger partial charge in [0.25, 0.3) is 0 Å². The first-order valence-corrected chi connectivity index (χ1v) is 28.8. The Hall–Kier alpha value is -3.32. The number of nitrogens with zero attached hydrogens (tertiary/aromatic N) is 2. The summed E-state index contributed by atoms with van der Waals surface area (Å²) in [4.78, 5) is 62.1. The fraction of sp³-hybridized carbons (Fsp3) is 0.720. The number of rotatable bonds is 41. The maximum atomic E-state index is 12.9. The van der Waals surface area contributed by atoms with E-state index in [2.05, 4.69) is 71.8 Å². The number of aromatic nitrogens is 2. The number of allylic oxidation sites excluding steroid dienone is 7. The highest BCUT2D eigenvalue weighted by molar-refractivity contribution is 7.61. The van der Waals surface area contributed by atoms with Gasteiger partial charge in [-0.2, -0.15) is 9.29 Å². The van der Waals surface area contributed by atoms with E-state index in [9.17, 15) is 43.5 Å². The van der Waals surface area contributed by atoms with Crippen molar-refractivity contribution in [2.45, 2.75) is 211 Å². The van der Waals surface area contributed by atoms with Crippen LogP contribution in [0.2, 0.25) is 0 Å². The standard InChI is InChI=1S/C50H83N3O16P2/c1-3-5-7-9-11-13-15-17-18-19-21-23-25-27-29-33-46(55)66-40(37-63-45(54)34-30-32-42-41(67-42)31-28-26-24-22-20-16-14-12-10-8-6-4-2)38-64-70(59,60)69-71(61,62)65-39-43-47(56)48(57)49(68-43)53-36-35-44(51)52-50(53)58/h12-15,20,22,26,28,35-36,40-43,47-49,56-57H,3-11,16-19,21,23-25,27,29-34,37-39H2,1-2H3,(H,59,60)(H,61,62)(H2,51,52,58)/b14-12-,15-13-,22-20-,28-26-/t40-,41?,42?,43-,47-,48-,49-/m1/s1. The maximum Gasteiger partial charge on any atom is 0.481 e. The molecule has 0 bridgehead atoms. The van der Waals surface area contributed by atoms with Crippen molar-refractivity contribution < 1.29 is 71.0 Å². The number of aliphatic hydroxyl groups is 2. The lowest BCUT2D eigenvalue weighted by Gasteiger charge is -2.21. The predicted molar refractivity (Wildman–Crippen MR) is 270 cm³/mol. The molecule has 2 saturated heterocycles. The Balaban J connectivity index is 1.42. The molecule has 3 heterocycles. The fourth-order valence-electron chi connectivity index (χ4n) is 7.69. The molecule has 21 heteroatoms. The van der Waals surface area contributed by atoms with Crippen LogP contribution in [0.5, 0.6) is 0 Å². The predicted octanol–water partition coefficient (Wildman–Crippen LogP) is 9.54. The molecule has 0 amide bonds. The molecule has 6 N–H and O–H groups in total. The fourth-order valence-corrected chi connectivity index (χ4v) is 9.80. The van der Waals surface area contributed by atoms with Crippen LogP contribution in [0.25, 0.3) is 0 Å². The summed E-state index contributed by atoms with van der Waals surface area (Å²) >= 11 is 0. The molecular weight excluding hydrogens is 961 g/mol. The quantitative estimate of drug-likeness (QED) is 0.0134. The molecule has 0 radical (unpaired) electrons. The number of hydrogen-bond acceptors (Lipinski definition) is 16. The minimum atomic E-state index is -5.44. The zero-order valence-corrected chi connectivity index (χ0v) is 43.7. The number of unbranched alkanes of at least 4 members (excludes halogenated alkanes) is 14. The van der Waals surface area contributed by atoms with Gasteiger partial charge in [0.1, 0.15) is 30.7 Å². The van der Waals surface area contributed by atoms with Crippen molar-refractivity contribution in [2.75, 3.05) is 25.6 Å². The first kappa shape index (κ1) is 62.0. The number of esters is 2. The van der Waals surface area contributed by atoms with Crippen LogP contribution in [0.3, 0.4) is 0 Å². The number of aliphatic hydroxyl groups excluding tert-OH is 2. The molecule has 1 aromatic rings. The Kier molecular flexibility index (Phi) is 31.2. The number of ether oxygens (including phenoxy) is 4. The molecule has 0 spiro atoms.